The highest BCUT2D eigenvalue weighted by Gasteiger charge is 2.09. The van der Waals surface area contributed by atoms with Gasteiger partial charge in [0.25, 0.3) is 5.69 Å². The highest BCUT2D eigenvalue weighted by Crippen LogP contribution is 2.15. The summed E-state index contributed by atoms with van der Waals surface area (Å²) >= 11 is 0. The number of hydrogen-bond acceptors (Lipinski definition) is 3. The zero-order chi connectivity index (χ0) is 11.3. The minimum atomic E-state index is -0.391. The molecule has 0 saturated carbocycles. The largest absolute Gasteiger partial charge is 0.289 e. The summed E-state index contributed by atoms with van der Waals surface area (Å²) in [6.07, 6.45) is 2.50. The molecule has 0 unspecified atom stereocenters. The van der Waals surface area contributed by atoms with Crippen molar-refractivity contribution in [2.75, 3.05) is 0 Å². The number of hydrogen-bond donors (Lipinski definition) is 0. The molecule has 0 aromatic heterocycles. The van der Waals surface area contributed by atoms with Crippen LogP contribution in [0.3, 0.4) is 0 Å². The van der Waals surface area contributed by atoms with Crippen LogP contribution in [0.1, 0.15) is 25.8 Å². The average molecular weight is 206 g/mol. The molecule has 0 aliphatic carbocycles. The van der Waals surface area contributed by atoms with Crippen molar-refractivity contribution < 1.29 is 4.92 Å². The lowest BCUT2D eigenvalue weighted by molar-refractivity contribution is -0.385. The van der Waals surface area contributed by atoms with Gasteiger partial charge in [0.05, 0.1) is 10.5 Å². The highest BCUT2D eigenvalue weighted by atomic mass is 16.6. The van der Waals surface area contributed by atoms with Crippen LogP contribution in [0.2, 0.25) is 0 Å². The molecular formula is C11H14N2O2. The van der Waals surface area contributed by atoms with Crippen LogP contribution in [0.5, 0.6) is 0 Å². The molecule has 0 amide bonds. The molecule has 0 aliphatic rings. The Morgan fingerprint density at radius 1 is 1.53 bits per heavy atom. The predicted molar refractivity (Wildman–Crippen MR) is 60.4 cm³/mol. The summed E-state index contributed by atoms with van der Waals surface area (Å²) in [5.41, 5.74) is 0.660. The van der Waals surface area contributed by atoms with Gasteiger partial charge in [0.15, 0.2) is 0 Å². The topological polar surface area (TPSA) is 55.5 Å². The molecule has 0 spiro atoms. The molecule has 15 heavy (non-hydrogen) atoms. The van der Waals surface area contributed by atoms with E-state index in [1.165, 1.54) is 6.07 Å². The van der Waals surface area contributed by atoms with Gasteiger partial charge in [0, 0.05) is 18.3 Å². The zero-order valence-electron chi connectivity index (χ0n) is 8.88. The third kappa shape index (κ3) is 3.16. The van der Waals surface area contributed by atoms with E-state index in [-0.39, 0.29) is 11.7 Å². The molecule has 1 aromatic rings. The van der Waals surface area contributed by atoms with E-state index in [1.54, 1.807) is 24.4 Å². The fourth-order valence-electron chi connectivity index (χ4n) is 1.08. The fraction of sp³-hybridized carbons (Fsp3) is 0.364. The Bertz CT molecular complexity index is 375. The third-order valence-electron chi connectivity index (χ3n) is 2.19. The Morgan fingerprint density at radius 2 is 2.20 bits per heavy atom. The van der Waals surface area contributed by atoms with Crippen LogP contribution < -0.4 is 0 Å². The number of nitrogens with zero attached hydrogens (tertiary/aromatic N) is 2. The first-order valence-corrected chi connectivity index (χ1v) is 4.91. The van der Waals surface area contributed by atoms with Gasteiger partial charge in [-0.2, -0.15) is 0 Å². The summed E-state index contributed by atoms with van der Waals surface area (Å²) in [6.45, 7) is 4.01. The lowest BCUT2D eigenvalue weighted by Crippen LogP contribution is -1.98. The van der Waals surface area contributed by atoms with Crippen molar-refractivity contribution in [2.24, 2.45) is 4.99 Å². The molecule has 0 bridgehead atoms. The molecule has 1 aromatic carbocycles. The van der Waals surface area contributed by atoms with E-state index >= 15 is 0 Å². The van der Waals surface area contributed by atoms with Gasteiger partial charge in [-0.1, -0.05) is 19.1 Å². The number of rotatable bonds is 4. The molecule has 0 saturated heterocycles. The van der Waals surface area contributed by atoms with E-state index in [2.05, 4.69) is 4.99 Å². The van der Waals surface area contributed by atoms with Crippen molar-refractivity contribution >= 4 is 11.9 Å². The Morgan fingerprint density at radius 3 is 2.80 bits per heavy atom. The van der Waals surface area contributed by atoms with E-state index in [9.17, 15) is 10.1 Å². The molecule has 0 radical (unpaired) electrons. The van der Waals surface area contributed by atoms with E-state index < -0.39 is 4.92 Å². The summed E-state index contributed by atoms with van der Waals surface area (Å²) in [5, 5.41) is 10.7. The van der Waals surface area contributed by atoms with Crippen LogP contribution in [0.15, 0.2) is 29.3 Å². The van der Waals surface area contributed by atoms with Gasteiger partial charge in [0.1, 0.15) is 0 Å². The summed E-state index contributed by atoms with van der Waals surface area (Å²) in [7, 11) is 0. The van der Waals surface area contributed by atoms with Gasteiger partial charge in [-0.05, 0) is 19.4 Å². The van der Waals surface area contributed by atoms with Crippen LogP contribution in [0, 0.1) is 10.1 Å². The first kappa shape index (κ1) is 11.4. The van der Waals surface area contributed by atoms with Gasteiger partial charge in [-0.15, -0.1) is 0 Å². The fourth-order valence-corrected chi connectivity index (χ4v) is 1.08. The number of nitro benzene ring substituents is 1. The predicted octanol–water partition coefficient (Wildman–Crippen LogP) is 2.81. The van der Waals surface area contributed by atoms with Crippen LogP contribution in [0.25, 0.3) is 0 Å². The Labute approximate surface area is 88.8 Å². The minimum absolute atomic E-state index is 0.101. The van der Waals surface area contributed by atoms with E-state index in [4.69, 9.17) is 0 Å². The summed E-state index contributed by atoms with van der Waals surface area (Å²) in [5.74, 6) is 0. The zero-order valence-corrected chi connectivity index (χ0v) is 8.88. The van der Waals surface area contributed by atoms with Gasteiger partial charge < -0.3 is 0 Å². The number of para-hydroxylation sites is 1. The lowest BCUT2D eigenvalue weighted by atomic mass is 10.2. The maximum atomic E-state index is 10.7. The van der Waals surface area contributed by atoms with Gasteiger partial charge >= 0.3 is 0 Å². The monoisotopic (exact) mass is 206 g/mol. The van der Waals surface area contributed by atoms with Crippen molar-refractivity contribution in [3.63, 3.8) is 0 Å². The molecule has 0 N–H and O–H groups in total. The smallest absolute Gasteiger partial charge is 0.278 e. The number of aliphatic imine (C=N–C) groups is 1. The first-order chi connectivity index (χ1) is 7.15. The van der Waals surface area contributed by atoms with Gasteiger partial charge in [0.2, 0.25) is 0 Å². The van der Waals surface area contributed by atoms with Gasteiger partial charge in [-0.25, -0.2) is 0 Å². The van der Waals surface area contributed by atoms with Crippen molar-refractivity contribution in [3.05, 3.63) is 39.9 Å². The normalized spacial score (nSPS) is 12.9. The molecule has 4 heteroatoms. The molecule has 4 nitrogen and oxygen atoms in total. The van der Waals surface area contributed by atoms with E-state index in [0.29, 0.717) is 5.56 Å². The molecule has 80 valence electrons. The van der Waals surface area contributed by atoms with Crippen LogP contribution >= 0.6 is 0 Å². The van der Waals surface area contributed by atoms with Crippen LogP contribution in [-0.4, -0.2) is 17.2 Å². The second-order valence-electron chi connectivity index (χ2n) is 3.35. The standard InChI is InChI=1S/C11H14N2O2/c1-3-9(2)12-8-10-6-4-5-7-11(10)13(14)15/h4-9H,3H2,1-2H3/t9-/m1/s1. The second-order valence-corrected chi connectivity index (χ2v) is 3.35. The molecule has 0 aliphatic heterocycles. The summed E-state index contributed by atoms with van der Waals surface area (Å²) in [4.78, 5) is 14.5. The number of benzene rings is 1. The molecule has 1 rings (SSSR count). The molecule has 0 heterocycles. The van der Waals surface area contributed by atoms with Crippen molar-refractivity contribution in [1.82, 2.24) is 0 Å². The Kier molecular flexibility index (Phi) is 3.97. The first-order valence-electron chi connectivity index (χ1n) is 4.91. The van der Waals surface area contributed by atoms with Crippen LogP contribution in [-0.2, 0) is 0 Å². The molecule has 0 fully saturated rings. The van der Waals surface area contributed by atoms with Crippen LogP contribution in [0.4, 0.5) is 5.69 Å². The summed E-state index contributed by atoms with van der Waals surface area (Å²) in [6, 6.07) is 6.80. The minimum Gasteiger partial charge on any atom is -0.289 e. The molecular weight excluding hydrogens is 192 g/mol. The maximum absolute atomic E-state index is 10.7. The maximum Gasteiger partial charge on any atom is 0.278 e. The van der Waals surface area contributed by atoms with Crippen molar-refractivity contribution in [3.8, 4) is 0 Å². The second kappa shape index (κ2) is 5.24. The van der Waals surface area contributed by atoms with E-state index in [0.717, 1.165) is 6.42 Å². The quantitative estimate of drug-likeness (QED) is 0.432. The third-order valence-corrected chi connectivity index (χ3v) is 2.19. The lowest BCUT2D eigenvalue weighted by Gasteiger charge is -2.00. The van der Waals surface area contributed by atoms with E-state index in [1.807, 2.05) is 13.8 Å². The average Bonchev–Trinajstić information content (AvgIpc) is 2.26. The Hall–Kier alpha value is -1.71. The SMILES string of the molecule is CC[C@@H](C)N=Cc1ccccc1[N+](=O)[O-]. The van der Waals surface area contributed by atoms with Crippen molar-refractivity contribution in [2.45, 2.75) is 26.3 Å². The summed E-state index contributed by atoms with van der Waals surface area (Å²) < 4.78 is 0. The molecule has 1 atom stereocenters. The highest BCUT2D eigenvalue weighted by molar-refractivity contribution is 5.85. The van der Waals surface area contributed by atoms with Gasteiger partial charge in [-0.3, -0.25) is 15.1 Å². The van der Waals surface area contributed by atoms with Crippen molar-refractivity contribution in [1.29, 1.82) is 0 Å². The number of nitro groups is 1. The Balaban J connectivity index is 2.94.